The van der Waals surface area contributed by atoms with E-state index in [2.05, 4.69) is 5.32 Å². The van der Waals surface area contributed by atoms with Crippen LogP contribution in [0.2, 0.25) is 0 Å². The number of para-hydroxylation sites is 1. The van der Waals surface area contributed by atoms with Crippen LogP contribution in [0.5, 0.6) is 0 Å². The topological polar surface area (TPSA) is 86.8 Å². The van der Waals surface area contributed by atoms with Crippen LogP contribution in [0, 0.1) is 12.7 Å². The zero-order valence-electron chi connectivity index (χ0n) is 23.0. The third kappa shape index (κ3) is 7.66. The van der Waals surface area contributed by atoms with Gasteiger partial charge in [0, 0.05) is 12.1 Å². The molecule has 0 aliphatic rings. The van der Waals surface area contributed by atoms with E-state index < -0.39 is 39.9 Å². The zero-order chi connectivity index (χ0) is 28.8. The molecule has 0 fully saturated rings. The van der Waals surface area contributed by atoms with Gasteiger partial charge in [-0.15, -0.1) is 0 Å². The van der Waals surface area contributed by atoms with E-state index in [4.69, 9.17) is 0 Å². The zero-order valence-corrected chi connectivity index (χ0v) is 23.8. The molecule has 7 nitrogen and oxygen atoms in total. The van der Waals surface area contributed by atoms with Crippen molar-refractivity contribution >= 4 is 27.5 Å². The van der Waals surface area contributed by atoms with Gasteiger partial charge in [0.25, 0.3) is 10.0 Å². The van der Waals surface area contributed by atoms with Crippen LogP contribution in [-0.2, 0) is 26.2 Å². The summed E-state index contributed by atoms with van der Waals surface area (Å²) >= 11 is 0. The summed E-state index contributed by atoms with van der Waals surface area (Å²) in [7, 11) is -4.33. The molecule has 0 aliphatic heterocycles. The lowest BCUT2D eigenvalue weighted by Gasteiger charge is -2.34. The van der Waals surface area contributed by atoms with Gasteiger partial charge in [-0.1, -0.05) is 67.1 Å². The van der Waals surface area contributed by atoms with Crippen LogP contribution in [0.15, 0.2) is 83.8 Å². The van der Waals surface area contributed by atoms with Gasteiger partial charge < -0.3 is 10.2 Å². The summed E-state index contributed by atoms with van der Waals surface area (Å²) in [6.45, 7) is 8.52. The van der Waals surface area contributed by atoms with Gasteiger partial charge in [0.15, 0.2) is 0 Å². The Morgan fingerprint density at radius 1 is 0.923 bits per heavy atom. The van der Waals surface area contributed by atoms with Crippen LogP contribution in [-0.4, -0.2) is 43.3 Å². The van der Waals surface area contributed by atoms with E-state index >= 15 is 0 Å². The molecule has 1 N–H and O–H groups in total. The Bertz CT molecular complexity index is 1390. The summed E-state index contributed by atoms with van der Waals surface area (Å²) in [5, 5.41) is 2.92. The number of halogens is 1. The second-order valence-electron chi connectivity index (χ2n) is 10.4. The van der Waals surface area contributed by atoms with Gasteiger partial charge in [0.2, 0.25) is 11.8 Å². The Morgan fingerprint density at radius 2 is 1.51 bits per heavy atom. The summed E-state index contributed by atoms with van der Waals surface area (Å²) < 4.78 is 43.3. The molecule has 0 heterocycles. The molecule has 1 unspecified atom stereocenters. The Morgan fingerprint density at radius 3 is 2.08 bits per heavy atom. The first kappa shape index (κ1) is 29.8. The fraction of sp³-hybridized carbons (Fsp3) is 0.333. The summed E-state index contributed by atoms with van der Waals surface area (Å²) in [5.41, 5.74) is 0.831. The number of carbonyl (C=O) groups excluding carboxylic acids is 2. The van der Waals surface area contributed by atoms with E-state index in [9.17, 15) is 22.4 Å². The SMILES string of the molecule is CCC(C(=O)NC(C)(C)C)N(Cc1ccccc1)C(=O)CN(c1ccccc1F)S(=O)(=O)c1ccc(C)cc1. The fourth-order valence-corrected chi connectivity index (χ4v) is 5.58. The van der Waals surface area contributed by atoms with Crippen molar-refractivity contribution in [3.63, 3.8) is 0 Å². The average Bonchev–Trinajstić information content (AvgIpc) is 2.87. The second kappa shape index (κ2) is 12.4. The number of anilines is 1. The molecule has 0 aromatic heterocycles. The smallest absolute Gasteiger partial charge is 0.264 e. The van der Waals surface area contributed by atoms with E-state index in [1.54, 1.807) is 19.1 Å². The summed E-state index contributed by atoms with van der Waals surface area (Å²) in [6.07, 6.45) is 0.297. The number of rotatable bonds is 10. The van der Waals surface area contributed by atoms with Gasteiger partial charge in [-0.2, -0.15) is 0 Å². The van der Waals surface area contributed by atoms with Crippen molar-refractivity contribution < 1.29 is 22.4 Å². The summed E-state index contributed by atoms with van der Waals surface area (Å²) in [4.78, 5) is 28.5. The minimum Gasteiger partial charge on any atom is -0.350 e. The molecule has 0 saturated carbocycles. The highest BCUT2D eigenvalue weighted by Gasteiger charge is 2.35. The van der Waals surface area contributed by atoms with Crippen molar-refractivity contribution in [1.29, 1.82) is 0 Å². The van der Waals surface area contributed by atoms with Gasteiger partial charge in [-0.3, -0.25) is 13.9 Å². The van der Waals surface area contributed by atoms with Crippen LogP contribution in [0.3, 0.4) is 0 Å². The number of amides is 2. The summed E-state index contributed by atoms with van der Waals surface area (Å²) in [6, 6.07) is 19.8. The van der Waals surface area contributed by atoms with Crippen molar-refractivity contribution in [2.24, 2.45) is 0 Å². The maximum Gasteiger partial charge on any atom is 0.264 e. The highest BCUT2D eigenvalue weighted by atomic mass is 32.2. The van der Waals surface area contributed by atoms with Crippen LogP contribution < -0.4 is 9.62 Å². The number of nitrogens with zero attached hydrogens (tertiary/aromatic N) is 2. The predicted molar refractivity (Wildman–Crippen MR) is 151 cm³/mol. The molecule has 0 spiro atoms. The Hall–Kier alpha value is -3.72. The number of hydrogen-bond donors (Lipinski definition) is 1. The van der Waals surface area contributed by atoms with Gasteiger partial charge in [0.05, 0.1) is 10.6 Å². The van der Waals surface area contributed by atoms with Gasteiger partial charge in [-0.05, 0) is 63.9 Å². The normalized spacial score (nSPS) is 12.5. The minimum atomic E-state index is -4.33. The third-order valence-electron chi connectivity index (χ3n) is 6.09. The van der Waals surface area contributed by atoms with E-state index in [1.165, 1.54) is 35.2 Å². The number of aryl methyl sites for hydroxylation is 1. The van der Waals surface area contributed by atoms with E-state index in [0.717, 1.165) is 21.5 Å². The third-order valence-corrected chi connectivity index (χ3v) is 7.86. The Labute approximate surface area is 230 Å². The second-order valence-corrected chi connectivity index (χ2v) is 12.3. The first-order chi connectivity index (χ1) is 18.3. The lowest BCUT2D eigenvalue weighted by molar-refractivity contribution is -0.141. The van der Waals surface area contributed by atoms with Crippen molar-refractivity contribution in [3.8, 4) is 0 Å². The number of benzene rings is 3. The van der Waals surface area contributed by atoms with Crippen LogP contribution in [0.25, 0.3) is 0 Å². The highest BCUT2D eigenvalue weighted by Crippen LogP contribution is 2.27. The average molecular weight is 554 g/mol. The number of sulfonamides is 1. The molecule has 1 atom stereocenters. The first-order valence-electron chi connectivity index (χ1n) is 12.8. The maximum absolute atomic E-state index is 15.0. The lowest BCUT2D eigenvalue weighted by atomic mass is 10.1. The molecule has 3 rings (SSSR count). The molecule has 2 amide bonds. The Balaban J connectivity index is 2.07. The first-order valence-corrected chi connectivity index (χ1v) is 14.3. The standard InChI is InChI=1S/C30H36FN3O4S/c1-6-26(29(36)32-30(3,4)5)33(20-23-12-8-7-9-13-23)28(35)21-34(27-15-11-10-14-25(27)31)39(37,38)24-18-16-22(2)17-19-24/h7-19,26H,6,20-21H2,1-5H3,(H,32,36). The highest BCUT2D eigenvalue weighted by molar-refractivity contribution is 7.92. The number of nitrogens with one attached hydrogen (secondary N) is 1. The predicted octanol–water partition coefficient (Wildman–Crippen LogP) is 5.05. The number of carbonyl (C=O) groups is 2. The van der Waals surface area contributed by atoms with Gasteiger partial charge in [0.1, 0.15) is 18.4 Å². The molecule has 0 radical (unpaired) electrons. The molecular formula is C30H36FN3O4S. The summed E-state index contributed by atoms with van der Waals surface area (Å²) in [5.74, 6) is -1.77. The largest absolute Gasteiger partial charge is 0.350 e. The molecule has 3 aromatic carbocycles. The fourth-order valence-electron chi connectivity index (χ4n) is 4.16. The molecule has 0 aliphatic carbocycles. The molecular weight excluding hydrogens is 517 g/mol. The van der Waals surface area contributed by atoms with E-state index in [-0.39, 0.29) is 23.0 Å². The van der Waals surface area contributed by atoms with Crippen LogP contribution in [0.4, 0.5) is 10.1 Å². The molecule has 39 heavy (non-hydrogen) atoms. The lowest BCUT2D eigenvalue weighted by Crippen LogP contribution is -2.55. The van der Waals surface area contributed by atoms with E-state index in [0.29, 0.717) is 6.42 Å². The monoisotopic (exact) mass is 553 g/mol. The quantitative estimate of drug-likeness (QED) is 0.381. The minimum absolute atomic E-state index is 0.0729. The van der Waals surface area contributed by atoms with Crippen molar-refractivity contribution in [2.75, 3.05) is 10.8 Å². The molecule has 0 bridgehead atoms. The van der Waals surface area contributed by atoms with Gasteiger partial charge >= 0.3 is 0 Å². The molecule has 3 aromatic rings. The Kier molecular flexibility index (Phi) is 9.50. The van der Waals surface area contributed by atoms with Crippen LogP contribution in [0.1, 0.15) is 45.2 Å². The van der Waals surface area contributed by atoms with Crippen molar-refractivity contribution in [3.05, 3.63) is 95.8 Å². The van der Waals surface area contributed by atoms with Crippen LogP contribution >= 0.6 is 0 Å². The van der Waals surface area contributed by atoms with Crippen molar-refractivity contribution in [2.45, 2.75) is 64.1 Å². The van der Waals surface area contributed by atoms with E-state index in [1.807, 2.05) is 58.0 Å². The molecule has 9 heteroatoms. The molecule has 0 saturated heterocycles. The number of hydrogen-bond acceptors (Lipinski definition) is 4. The molecule has 208 valence electrons. The maximum atomic E-state index is 15.0. The van der Waals surface area contributed by atoms with Gasteiger partial charge in [-0.25, -0.2) is 12.8 Å². The van der Waals surface area contributed by atoms with Crippen molar-refractivity contribution in [1.82, 2.24) is 10.2 Å².